The molecule has 0 bridgehead atoms. The van der Waals surface area contributed by atoms with Crippen molar-refractivity contribution in [3.63, 3.8) is 0 Å². The van der Waals surface area contributed by atoms with Gasteiger partial charge in [-0.15, -0.1) is 0 Å². The van der Waals surface area contributed by atoms with E-state index < -0.39 is 0 Å². The Kier molecular flexibility index (Phi) is 3.72. The summed E-state index contributed by atoms with van der Waals surface area (Å²) in [5.41, 5.74) is 3.04. The van der Waals surface area contributed by atoms with Crippen molar-refractivity contribution >= 4 is 11.0 Å². The highest BCUT2D eigenvalue weighted by Crippen LogP contribution is 2.21. The molecule has 0 saturated carbocycles. The average molecular weight is 239 g/mol. The summed E-state index contributed by atoms with van der Waals surface area (Å²) >= 11 is 0. The molecular formula is C15H17N3. The third kappa shape index (κ3) is 2.12. The van der Waals surface area contributed by atoms with Gasteiger partial charge in [0.2, 0.25) is 0 Å². The van der Waals surface area contributed by atoms with Crippen LogP contribution in [0.1, 0.15) is 13.8 Å². The Morgan fingerprint density at radius 3 is 2.33 bits per heavy atom. The molecule has 0 aliphatic heterocycles. The number of rotatable bonds is 1. The monoisotopic (exact) mass is 239 g/mol. The fraction of sp³-hybridized carbons (Fsp3) is 0.200. The topological polar surface area (TPSA) is 30.7 Å². The summed E-state index contributed by atoms with van der Waals surface area (Å²) in [4.78, 5) is 8.90. The van der Waals surface area contributed by atoms with Crippen molar-refractivity contribution < 1.29 is 0 Å². The molecule has 0 aliphatic carbocycles. The van der Waals surface area contributed by atoms with E-state index in [1.54, 1.807) is 6.20 Å². The van der Waals surface area contributed by atoms with Gasteiger partial charge in [-0.05, 0) is 24.3 Å². The second-order valence-electron chi connectivity index (χ2n) is 3.70. The van der Waals surface area contributed by atoms with Crippen LogP contribution in [0.15, 0.2) is 48.7 Å². The van der Waals surface area contributed by atoms with Crippen LogP contribution in [-0.2, 0) is 7.05 Å². The summed E-state index contributed by atoms with van der Waals surface area (Å²) in [7, 11) is 2.01. The van der Waals surface area contributed by atoms with Crippen molar-refractivity contribution in [1.82, 2.24) is 14.5 Å². The number of aromatic nitrogens is 3. The number of hydrogen-bond acceptors (Lipinski definition) is 2. The van der Waals surface area contributed by atoms with Gasteiger partial charge in [-0.3, -0.25) is 4.98 Å². The molecule has 1 aromatic carbocycles. The smallest absolute Gasteiger partial charge is 0.159 e. The fourth-order valence-corrected chi connectivity index (χ4v) is 1.87. The molecule has 0 N–H and O–H groups in total. The minimum atomic E-state index is 0.904. The maximum Gasteiger partial charge on any atom is 0.159 e. The van der Waals surface area contributed by atoms with Crippen LogP contribution in [0.4, 0.5) is 0 Å². The zero-order chi connectivity index (χ0) is 13.0. The Morgan fingerprint density at radius 1 is 0.944 bits per heavy atom. The van der Waals surface area contributed by atoms with Gasteiger partial charge in [0.05, 0.1) is 11.0 Å². The van der Waals surface area contributed by atoms with Crippen molar-refractivity contribution in [2.45, 2.75) is 13.8 Å². The number of hydrogen-bond donors (Lipinski definition) is 0. The SMILES string of the molecule is CC.Cn1c(-c2ccccn2)nc2ccccc21. The van der Waals surface area contributed by atoms with Crippen LogP contribution in [0.3, 0.4) is 0 Å². The van der Waals surface area contributed by atoms with Crippen LogP contribution < -0.4 is 0 Å². The molecular weight excluding hydrogens is 222 g/mol. The highest BCUT2D eigenvalue weighted by molar-refractivity contribution is 5.79. The molecule has 2 aromatic heterocycles. The normalized spacial score (nSPS) is 9.94. The van der Waals surface area contributed by atoms with Crippen LogP contribution in [0.5, 0.6) is 0 Å². The van der Waals surface area contributed by atoms with Crippen LogP contribution in [-0.4, -0.2) is 14.5 Å². The Morgan fingerprint density at radius 2 is 1.67 bits per heavy atom. The lowest BCUT2D eigenvalue weighted by Crippen LogP contribution is -1.93. The van der Waals surface area contributed by atoms with Crippen molar-refractivity contribution in [3.05, 3.63) is 48.7 Å². The molecule has 3 heteroatoms. The number of aryl methyl sites for hydroxylation is 1. The van der Waals surface area contributed by atoms with Crippen LogP contribution in [0, 0.1) is 0 Å². The molecule has 0 unspecified atom stereocenters. The maximum atomic E-state index is 4.58. The fourth-order valence-electron chi connectivity index (χ4n) is 1.87. The number of imidazole rings is 1. The predicted molar refractivity (Wildman–Crippen MR) is 75.3 cm³/mol. The number of para-hydroxylation sites is 2. The Bertz CT molecular complexity index is 627. The number of pyridine rings is 1. The van der Waals surface area contributed by atoms with Gasteiger partial charge in [0.1, 0.15) is 5.69 Å². The van der Waals surface area contributed by atoms with E-state index in [4.69, 9.17) is 0 Å². The van der Waals surface area contributed by atoms with Gasteiger partial charge >= 0.3 is 0 Å². The molecule has 0 fully saturated rings. The standard InChI is InChI=1S/C13H11N3.C2H6/c1-16-12-8-3-2-6-10(12)15-13(16)11-7-4-5-9-14-11;1-2/h2-9H,1H3;1-2H3. The van der Waals surface area contributed by atoms with Gasteiger partial charge in [0.15, 0.2) is 5.82 Å². The van der Waals surface area contributed by atoms with Crippen molar-refractivity contribution in [3.8, 4) is 11.5 Å². The number of fused-ring (bicyclic) bond motifs is 1. The van der Waals surface area contributed by atoms with Crippen LogP contribution in [0.25, 0.3) is 22.6 Å². The zero-order valence-corrected chi connectivity index (χ0v) is 11.0. The molecule has 0 spiro atoms. The maximum absolute atomic E-state index is 4.58. The van der Waals surface area contributed by atoms with Crippen LogP contribution in [0.2, 0.25) is 0 Å². The van der Waals surface area contributed by atoms with Gasteiger partial charge in [-0.25, -0.2) is 4.98 Å². The first kappa shape index (κ1) is 12.3. The molecule has 0 radical (unpaired) electrons. The molecule has 92 valence electrons. The first-order chi connectivity index (χ1) is 8.86. The molecule has 18 heavy (non-hydrogen) atoms. The van der Waals surface area contributed by atoms with Gasteiger partial charge < -0.3 is 4.57 Å². The lowest BCUT2D eigenvalue weighted by Gasteiger charge is -2.00. The number of nitrogens with zero attached hydrogens (tertiary/aromatic N) is 3. The molecule has 0 aliphatic rings. The van der Waals surface area contributed by atoms with Crippen molar-refractivity contribution in [2.24, 2.45) is 7.05 Å². The third-order valence-electron chi connectivity index (χ3n) is 2.68. The molecule has 3 rings (SSSR count). The first-order valence-corrected chi connectivity index (χ1v) is 6.19. The summed E-state index contributed by atoms with van der Waals surface area (Å²) in [5.74, 6) is 0.904. The minimum absolute atomic E-state index is 0.904. The number of benzene rings is 1. The van der Waals surface area contributed by atoms with Gasteiger partial charge in [-0.2, -0.15) is 0 Å². The van der Waals surface area contributed by atoms with E-state index in [2.05, 4.69) is 20.6 Å². The van der Waals surface area contributed by atoms with Gasteiger partial charge in [0.25, 0.3) is 0 Å². The van der Waals surface area contributed by atoms with E-state index in [0.29, 0.717) is 0 Å². The molecule has 0 amide bonds. The predicted octanol–water partition coefficient (Wildman–Crippen LogP) is 3.66. The van der Waals surface area contributed by atoms with E-state index in [0.717, 1.165) is 22.6 Å². The second-order valence-corrected chi connectivity index (χ2v) is 3.70. The molecule has 2 heterocycles. The molecule has 3 nitrogen and oxygen atoms in total. The Balaban J connectivity index is 0.000000574. The van der Waals surface area contributed by atoms with E-state index >= 15 is 0 Å². The first-order valence-electron chi connectivity index (χ1n) is 6.19. The van der Waals surface area contributed by atoms with Crippen molar-refractivity contribution in [1.29, 1.82) is 0 Å². The van der Waals surface area contributed by atoms with E-state index in [1.807, 2.05) is 57.3 Å². The van der Waals surface area contributed by atoms with Gasteiger partial charge in [-0.1, -0.05) is 32.0 Å². The summed E-state index contributed by atoms with van der Waals surface area (Å²) in [6.45, 7) is 4.00. The highest BCUT2D eigenvalue weighted by atomic mass is 15.1. The lowest BCUT2D eigenvalue weighted by atomic mass is 10.3. The quantitative estimate of drug-likeness (QED) is 0.648. The highest BCUT2D eigenvalue weighted by Gasteiger charge is 2.09. The average Bonchev–Trinajstić information content (AvgIpc) is 2.80. The lowest BCUT2D eigenvalue weighted by molar-refractivity contribution is 0.950. The van der Waals surface area contributed by atoms with Crippen molar-refractivity contribution in [2.75, 3.05) is 0 Å². The second kappa shape index (κ2) is 5.45. The van der Waals surface area contributed by atoms with Gasteiger partial charge in [0, 0.05) is 13.2 Å². The van der Waals surface area contributed by atoms with Crippen LogP contribution >= 0.6 is 0 Å². The van der Waals surface area contributed by atoms with E-state index in [-0.39, 0.29) is 0 Å². The molecule has 3 aromatic rings. The van der Waals surface area contributed by atoms with E-state index in [1.165, 1.54) is 0 Å². The minimum Gasteiger partial charge on any atom is -0.326 e. The zero-order valence-electron chi connectivity index (χ0n) is 11.0. The molecule has 0 atom stereocenters. The summed E-state index contributed by atoms with van der Waals surface area (Å²) in [5, 5.41) is 0. The summed E-state index contributed by atoms with van der Waals surface area (Å²) in [6.07, 6.45) is 1.79. The molecule has 0 saturated heterocycles. The third-order valence-corrected chi connectivity index (χ3v) is 2.68. The van der Waals surface area contributed by atoms with E-state index in [9.17, 15) is 0 Å². The summed E-state index contributed by atoms with van der Waals surface area (Å²) < 4.78 is 2.07. The Labute approximate surface area is 107 Å². The largest absolute Gasteiger partial charge is 0.326 e. The summed E-state index contributed by atoms with van der Waals surface area (Å²) in [6, 6.07) is 14.0. The Hall–Kier alpha value is -2.16.